The summed E-state index contributed by atoms with van der Waals surface area (Å²) < 4.78 is 21.9. The van der Waals surface area contributed by atoms with E-state index in [4.69, 9.17) is 47.0 Å². The summed E-state index contributed by atoms with van der Waals surface area (Å²) >= 11 is 14.9. The molecule has 2 aliphatic rings. The third-order valence-electron chi connectivity index (χ3n) is 8.86. The van der Waals surface area contributed by atoms with E-state index >= 15 is 0 Å². The topological polar surface area (TPSA) is 184 Å². The minimum absolute atomic E-state index is 0.00837. The van der Waals surface area contributed by atoms with E-state index in [-0.39, 0.29) is 52.1 Å². The Bertz CT molecular complexity index is 2260. The second-order valence-corrected chi connectivity index (χ2v) is 17.3. The molecule has 3 heterocycles. The zero-order valence-corrected chi connectivity index (χ0v) is 36.5. The van der Waals surface area contributed by atoms with Gasteiger partial charge in [-0.05, 0) is 55.2 Å². The summed E-state index contributed by atoms with van der Waals surface area (Å²) in [7, 11) is 1.54. The first kappa shape index (κ1) is 44.9. The van der Waals surface area contributed by atoms with Crippen LogP contribution in [0.15, 0.2) is 101 Å². The Morgan fingerprint density at radius 3 is 2.25 bits per heavy atom. The van der Waals surface area contributed by atoms with Gasteiger partial charge in [0.2, 0.25) is 0 Å². The molecule has 3 amide bonds. The minimum Gasteiger partial charge on any atom is -0.497 e. The van der Waals surface area contributed by atoms with Crippen molar-refractivity contribution in [2.45, 2.75) is 56.9 Å². The Balaban J connectivity index is 1.17. The number of carbonyl (C=O) groups is 5. The molecule has 0 aliphatic carbocycles. The number of benzene rings is 3. The van der Waals surface area contributed by atoms with Crippen molar-refractivity contribution >= 4 is 87.0 Å². The van der Waals surface area contributed by atoms with Crippen LogP contribution in [0.1, 0.15) is 55.7 Å². The van der Waals surface area contributed by atoms with E-state index in [0.29, 0.717) is 16.9 Å². The van der Waals surface area contributed by atoms with Crippen LogP contribution in [0.5, 0.6) is 5.75 Å². The van der Waals surface area contributed by atoms with E-state index in [0.717, 1.165) is 22.5 Å². The van der Waals surface area contributed by atoms with Gasteiger partial charge in [-0.2, -0.15) is 0 Å². The third-order valence-corrected chi connectivity index (χ3v) is 11.7. The summed E-state index contributed by atoms with van der Waals surface area (Å²) in [6, 6.07) is 24.3. The van der Waals surface area contributed by atoms with Gasteiger partial charge in [0.05, 0.1) is 13.5 Å². The number of alkyl halides is 1. The fourth-order valence-electron chi connectivity index (χ4n) is 6.02. The molecule has 19 heteroatoms. The number of hydrogen-bond donors (Lipinski definition) is 2. The Labute approximate surface area is 369 Å². The first-order chi connectivity index (χ1) is 29.3. The molecule has 1 aromatic heterocycles. The molecule has 1 saturated heterocycles. The molecular weight excluding hydrogens is 870 g/mol. The first-order valence-corrected chi connectivity index (χ1v) is 21.5. The first-order valence-electron chi connectivity index (χ1n) is 18.8. The van der Waals surface area contributed by atoms with Crippen LogP contribution in [0.2, 0.25) is 4.34 Å². The highest BCUT2D eigenvalue weighted by Gasteiger charge is 2.54. The third kappa shape index (κ3) is 11.4. The SMILES string of the molecule is COc1ccc(COC(=O)C2=C(CCl)CSC3C(NC(=O)C(=NOCCC(=O)OC(c4ccccc4)c4ccccc4)c4nc(NC(=O)OC(C)(C)C)sc4Cl)C(=O)N23)cc1. The number of thiazole rings is 1. The van der Waals surface area contributed by atoms with Crippen LogP contribution in [0.3, 0.4) is 0 Å². The summed E-state index contributed by atoms with van der Waals surface area (Å²) in [4.78, 5) is 77.9. The summed E-state index contributed by atoms with van der Waals surface area (Å²) in [5.41, 5.74) is 1.28. The number of carbonyl (C=O) groups excluding carboxylic acids is 5. The maximum Gasteiger partial charge on any atom is 0.413 e. The van der Waals surface area contributed by atoms with E-state index in [1.54, 1.807) is 52.1 Å². The Hall–Kier alpha value is -5.62. The lowest BCUT2D eigenvalue weighted by Gasteiger charge is -2.49. The van der Waals surface area contributed by atoms with Crippen molar-refractivity contribution in [2.24, 2.45) is 5.16 Å². The van der Waals surface area contributed by atoms with E-state index in [1.165, 1.54) is 16.7 Å². The molecule has 0 saturated carbocycles. The number of hydrogen-bond acceptors (Lipinski definition) is 14. The molecule has 3 aromatic carbocycles. The molecule has 0 spiro atoms. The number of aromatic nitrogens is 1. The standard InChI is InChI=1S/C42H41Cl2N5O10S2/c1-42(2,3)59-41(54)47-40-46-30(35(44)61-40)31(48-57-20-19-29(50)58-34(25-11-7-5-8-12-25)26-13-9-6-10-14-26)36(51)45-32-37(52)49-33(27(21-43)23-60-38(32)49)39(53)56-22-24-15-17-28(55-4)18-16-24/h5-18,32,34,38H,19-23H2,1-4H3,(H,45,51)(H,46,47,54). The quantitative estimate of drug-likeness (QED) is 0.0219. The van der Waals surface area contributed by atoms with Gasteiger partial charge in [-0.15, -0.1) is 23.4 Å². The van der Waals surface area contributed by atoms with Gasteiger partial charge in [0.1, 0.15) is 51.7 Å². The van der Waals surface area contributed by atoms with Crippen LogP contribution in [0.4, 0.5) is 9.93 Å². The van der Waals surface area contributed by atoms with E-state index < -0.39 is 58.7 Å². The monoisotopic (exact) mass is 909 g/mol. The lowest BCUT2D eigenvalue weighted by atomic mass is 10.0. The summed E-state index contributed by atoms with van der Waals surface area (Å²) in [5, 5.41) is 8.44. The predicted molar refractivity (Wildman–Crippen MR) is 230 cm³/mol. The Morgan fingerprint density at radius 1 is 0.984 bits per heavy atom. The number of thioether (sulfide) groups is 1. The fourth-order valence-corrected chi connectivity index (χ4v) is 8.73. The zero-order valence-electron chi connectivity index (χ0n) is 33.3. The van der Waals surface area contributed by atoms with Crippen molar-refractivity contribution in [3.63, 3.8) is 0 Å². The van der Waals surface area contributed by atoms with Gasteiger partial charge in [-0.25, -0.2) is 14.6 Å². The maximum absolute atomic E-state index is 14.0. The van der Waals surface area contributed by atoms with Gasteiger partial charge in [0.15, 0.2) is 16.9 Å². The van der Waals surface area contributed by atoms with Gasteiger partial charge in [-0.1, -0.05) is 101 Å². The molecule has 2 unspecified atom stereocenters. The summed E-state index contributed by atoms with van der Waals surface area (Å²) in [6.45, 7) is 4.67. The molecule has 61 heavy (non-hydrogen) atoms. The van der Waals surface area contributed by atoms with Crippen LogP contribution < -0.4 is 15.4 Å². The van der Waals surface area contributed by atoms with Crippen molar-refractivity contribution < 1.29 is 47.8 Å². The fraction of sp³-hybridized carbons (Fsp3) is 0.310. The number of nitrogens with one attached hydrogen (secondary N) is 2. The molecule has 2 aliphatic heterocycles. The normalized spacial score (nSPS) is 16.3. The Kier molecular flexibility index (Phi) is 14.9. The highest BCUT2D eigenvalue weighted by molar-refractivity contribution is 8.00. The number of β-lactam (4-membered cyclic amide) rings is 1. The maximum atomic E-state index is 14.0. The number of ether oxygens (including phenoxy) is 4. The van der Waals surface area contributed by atoms with Crippen molar-refractivity contribution in [3.05, 3.63) is 123 Å². The number of amides is 3. The van der Waals surface area contributed by atoms with Gasteiger partial charge in [-0.3, -0.25) is 24.6 Å². The van der Waals surface area contributed by atoms with Gasteiger partial charge < -0.3 is 29.1 Å². The molecule has 320 valence electrons. The van der Waals surface area contributed by atoms with Gasteiger partial charge in [0, 0.05) is 11.6 Å². The van der Waals surface area contributed by atoms with Crippen LogP contribution in [0.25, 0.3) is 0 Å². The predicted octanol–water partition coefficient (Wildman–Crippen LogP) is 7.23. The largest absolute Gasteiger partial charge is 0.497 e. The van der Waals surface area contributed by atoms with Crippen molar-refractivity contribution in [1.82, 2.24) is 15.2 Å². The van der Waals surface area contributed by atoms with E-state index in [2.05, 4.69) is 20.8 Å². The number of halogens is 2. The number of anilines is 1. The summed E-state index contributed by atoms with van der Waals surface area (Å²) in [5.74, 6) is -1.98. The molecule has 4 aromatic rings. The van der Waals surface area contributed by atoms with Crippen molar-refractivity contribution in [3.8, 4) is 5.75 Å². The number of rotatable bonds is 16. The van der Waals surface area contributed by atoms with Gasteiger partial charge in [0.25, 0.3) is 11.8 Å². The number of esters is 2. The molecule has 2 atom stereocenters. The number of nitrogens with zero attached hydrogens (tertiary/aromatic N) is 3. The molecule has 6 rings (SSSR count). The molecule has 0 bridgehead atoms. The molecule has 0 radical (unpaired) electrons. The van der Waals surface area contributed by atoms with Crippen LogP contribution in [-0.2, 0) is 44.8 Å². The summed E-state index contributed by atoms with van der Waals surface area (Å²) in [6.07, 6.45) is -1.76. The molecule has 1 fully saturated rings. The minimum atomic E-state index is -1.12. The molecule has 2 N–H and O–H groups in total. The van der Waals surface area contributed by atoms with E-state index in [1.807, 2.05) is 60.7 Å². The van der Waals surface area contributed by atoms with Gasteiger partial charge >= 0.3 is 18.0 Å². The number of methoxy groups -OCH3 is 1. The van der Waals surface area contributed by atoms with Crippen LogP contribution in [-0.4, -0.2) is 87.8 Å². The second-order valence-electron chi connectivity index (χ2n) is 14.4. The highest BCUT2D eigenvalue weighted by atomic mass is 35.5. The lowest BCUT2D eigenvalue weighted by Crippen LogP contribution is -2.71. The average Bonchev–Trinajstić information content (AvgIpc) is 3.61. The van der Waals surface area contributed by atoms with Crippen LogP contribution in [0, 0.1) is 0 Å². The Morgan fingerprint density at radius 2 is 1.64 bits per heavy atom. The average molecular weight is 911 g/mol. The smallest absolute Gasteiger partial charge is 0.413 e. The van der Waals surface area contributed by atoms with Crippen molar-refractivity contribution in [2.75, 3.05) is 30.7 Å². The number of oxime groups is 1. The van der Waals surface area contributed by atoms with E-state index in [9.17, 15) is 24.0 Å². The molecule has 15 nitrogen and oxygen atoms in total. The number of fused-ring (bicyclic) bond motifs is 1. The van der Waals surface area contributed by atoms with Crippen molar-refractivity contribution in [1.29, 1.82) is 0 Å². The highest BCUT2D eigenvalue weighted by Crippen LogP contribution is 2.41. The second kappa shape index (κ2) is 20.3. The van der Waals surface area contributed by atoms with Crippen LogP contribution >= 0.6 is 46.3 Å². The zero-order chi connectivity index (χ0) is 43.7. The lowest BCUT2D eigenvalue weighted by molar-refractivity contribution is -0.153. The molecular formula is C42H41Cl2N5O10S2.